The van der Waals surface area contributed by atoms with Crippen LogP contribution >= 0.6 is 0 Å². The second kappa shape index (κ2) is 4.01. The number of aryl methyl sites for hydroxylation is 1. The quantitative estimate of drug-likeness (QED) is 0.775. The van der Waals surface area contributed by atoms with Gasteiger partial charge >= 0.3 is 0 Å². The van der Waals surface area contributed by atoms with Crippen molar-refractivity contribution in [2.45, 2.75) is 25.8 Å². The lowest BCUT2D eigenvalue weighted by molar-refractivity contribution is 0.403. The smallest absolute Gasteiger partial charge is 0.123 e. The van der Waals surface area contributed by atoms with E-state index >= 15 is 0 Å². The van der Waals surface area contributed by atoms with Crippen LogP contribution in [0.4, 0.5) is 0 Å². The predicted molar refractivity (Wildman–Crippen MR) is 57.7 cm³/mol. The van der Waals surface area contributed by atoms with Gasteiger partial charge in [0.2, 0.25) is 0 Å². The summed E-state index contributed by atoms with van der Waals surface area (Å²) in [6.07, 6.45) is 2.49. The highest BCUT2D eigenvalue weighted by Gasteiger charge is 2.19. The summed E-state index contributed by atoms with van der Waals surface area (Å²) in [6.45, 7) is 3.25. The maximum Gasteiger partial charge on any atom is 0.123 e. The van der Waals surface area contributed by atoms with Gasteiger partial charge in [0.05, 0.1) is 7.11 Å². The third-order valence-corrected chi connectivity index (χ3v) is 2.82. The van der Waals surface area contributed by atoms with Gasteiger partial charge in [-0.1, -0.05) is 17.7 Å². The van der Waals surface area contributed by atoms with E-state index in [2.05, 4.69) is 30.4 Å². The van der Waals surface area contributed by atoms with Crippen molar-refractivity contribution in [3.8, 4) is 5.75 Å². The molecule has 1 atom stereocenters. The normalized spacial score (nSPS) is 21.1. The molecule has 1 saturated heterocycles. The van der Waals surface area contributed by atoms with Crippen LogP contribution in [0.1, 0.15) is 30.0 Å². The zero-order valence-corrected chi connectivity index (χ0v) is 8.84. The van der Waals surface area contributed by atoms with Crippen LogP contribution in [-0.4, -0.2) is 13.7 Å². The minimum absolute atomic E-state index is 0.491. The van der Waals surface area contributed by atoms with Crippen LogP contribution in [0.5, 0.6) is 5.75 Å². The van der Waals surface area contributed by atoms with Crippen molar-refractivity contribution in [1.82, 2.24) is 5.32 Å². The SMILES string of the molecule is COc1ccc(C)cc1[C@@H]1CCCN1. The van der Waals surface area contributed by atoms with Crippen molar-refractivity contribution in [3.63, 3.8) is 0 Å². The maximum atomic E-state index is 5.37. The Kier molecular flexibility index (Phi) is 2.73. The minimum Gasteiger partial charge on any atom is -0.496 e. The summed E-state index contributed by atoms with van der Waals surface area (Å²) in [4.78, 5) is 0. The Morgan fingerprint density at radius 1 is 1.43 bits per heavy atom. The Hall–Kier alpha value is -1.02. The summed E-state index contributed by atoms with van der Waals surface area (Å²) < 4.78 is 5.37. The lowest BCUT2D eigenvalue weighted by Crippen LogP contribution is -2.13. The van der Waals surface area contributed by atoms with E-state index in [4.69, 9.17) is 4.74 Å². The highest BCUT2D eigenvalue weighted by Crippen LogP contribution is 2.31. The monoisotopic (exact) mass is 191 g/mol. The Labute approximate surface area is 85.3 Å². The molecule has 1 fully saturated rings. The fourth-order valence-corrected chi connectivity index (χ4v) is 2.08. The van der Waals surface area contributed by atoms with Gasteiger partial charge in [-0.2, -0.15) is 0 Å². The van der Waals surface area contributed by atoms with Crippen LogP contribution in [-0.2, 0) is 0 Å². The van der Waals surface area contributed by atoms with E-state index in [0.717, 1.165) is 12.3 Å². The number of rotatable bonds is 2. The Balaban J connectivity index is 2.33. The highest BCUT2D eigenvalue weighted by atomic mass is 16.5. The number of benzene rings is 1. The van der Waals surface area contributed by atoms with Crippen LogP contribution in [0.3, 0.4) is 0 Å². The van der Waals surface area contributed by atoms with Gasteiger partial charge in [-0.15, -0.1) is 0 Å². The average molecular weight is 191 g/mol. The van der Waals surface area contributed by atoms with Crippen LogP contribution in [0.25, 0.3) is 0 Å². The van der Waals surface area contributed by atoms with Gasteiger partial charge in [-0.3, -0.25) is 0 Å². The molecule has 0 amide bonds. The van der Waals surface area contributed by atoms with Crippen molar-refractivity contribution in [3.05, 3.63) is 29.3 Å². The molecular weight excluding hydrogens is 174 g/mol. The van der Waals surface area contributed by atoms with Gasteiger partial charge in [-0.25, -0.2) is 0 Å². The van der Waals surface area contributed by atoms with E-state index in [1.165, 1.54) is 24.0 Å². The number of ether oxygens (including phenoxy) is 1. The standard InChI is InChI=1S/C12H17NO/c1-9-5-6-12(14-2)10(8-9)11-4-3-7-13-11/h5-6,8,11,13H,3-4,7H2,1-2H3/t11-/m0/s1. The van der Waals surface area contributed by atoms with Crippen LogP contribution in [0, 0.1) is 6.92 Å². The molecule has 0 spiro atoms. The summed E-state index contributed by atoms with van der Waals surface area (Å²) in [6, 6.07) is 6.87. The number of methoxy groups -OCH3 is 1. The molecule has 76 valence electrons. The fraction of sp³-hybridized carbons (Fsp3) is 0.500. The molecule has 1 aliphatic rings. The third kappa shape index (κ3) is 1.75. The van der Waals surface area contributed by atoms with Gasteiger partial charge in [-0.05, 0) is 32.4 Å². The molecule has 0 unspecified atom stereocenters. The van der Waals surface area contributed by atoms with Crippen molar-refractivity contribution in [1.29, 1.82) is 0 Å². The molecule has 0 radical (unpaired) electrons. The Morgan fingerprint density at radius 3 is 2.93 bits per heavy atom. The zero-order chi connectivity index (χ0) is 9.97. The topological polar surface area (TPSA) is 21.3 Å². The first-order valence-electron chi connectivity index (χ1n) is 5.19. The summed E-state index contributed by atoms with van der Waals surface area (Å²) >= 11 is 0. The van der Waals surface area contributed by atoms with Crippen LogP contribution in [0.2, 0.25) is 0 Å². The zero-order valence-electron chi connectivity index (χ0n) is 8.84. The molecule has 0 aromatic heterocycles. The molecule has 1 N–H and O–H groups in total. The molecule has 2 heteroatoms. The Morgan fingerprint density at radius 2 is 2.29 bits per heavy atom. The lowest BCUT2D eigenvalue weighted by Gasteiger charge is -2.15. The highest BCUT2D eigenvalue weighted by molar-refractivity contribution is 5.39. The van der Waals surface area contributed by atoms with Gasteiger partial charge < -0.3 is 10.1 Å². The van der Waals surface area contributed by atoms with E-state index < -0.39 is 0 Å². The van der Waals surface area contributed by atoms with E-state index in [0.29, 0.717) is 6.04 Å². The minimum atomic E-state index is 0.491. The first-order chi connectivity index (χ1) is 6.81. The van der Waals surface area contributed by atoms with E-state index in [-0.39, 0.29) is 0 Å². The first-order valence-corrected chi connectivity index (χ1v) is 5.19. The van der Waals surface area contributed by atoms with E-state index in [1.807, 2.05) is 0 Å². The molecule has 14 heavy (non-hydrogen) atoms. The summed E-state index contributed by atoms with van der Waals surface area (Å²) in [5.41, 5.74) is 2.61. The number of nitrogens with one attached hydrogen (secondary N) is 1. The second-order valence-electron chi connectivity index (χ2n) is 3.89. The van der Waals surface area contributed by atoms with Crippen LogP contribution in [0.15, 0.2) is 18.2 Å². The van der Waals surface area contributed by atoms with Gasteiger partial charge in [0, 0.05) is 11.6 Å². The van der Waals surface area contributed by atoms with Gasteiger partial charge in [0.15, 0.2) is 0 Å². The van der Waals surface area contributed by atoms with Crippen molar-refractivity contribution < 1.29 is 4.74 Å². The second-order valence-corrected chi connectivity index (χ2v) is 3.89. The van der Waals surface area contributed by atoms with E-state index in [9.17, 15) is 0 Å². The molecule has 1 heterocycles. The van der Waals surface area contributed by atoms with Crippen molar-refractivity contribution in [2.24, 2.45) is 0 Å². The average Bonchev–Trinajstić information content (AvgIpc) is 2.70. The van der Waals surface area contributed by atoms with E-state index in [1.54, 1.807) is 7.11 Å². The predicted octanol–water partition coefficient (Wildman–Crippen LogP) is 2.43. The molecule has 2 rings (SSSR count). The molecule has 0 saturated carbocycles. The molecule has 0 bridgehead atoms. The molecular formula is C12H17NO. The molecule has 1 aromatic carbocycles. The largest absolute Gasteiger partial charge is 0.496 e. The lowest BCUT2D eigenvalue weighted by atomic mass is 10.0. The summed E-state index contributed by atoms with van der Waals surface area (Å²) in [5.74, 6) is 1.01. The molecule has 0 aliphatic carbocycles. The summed E-state index contributed by atoms with van der Waals surface area (Å²) in [5, 5.41) is 3.49. The van der Waals surface area contributed by atoms with Crippen molar-refractivity contribution in [2.75, 3.05) is 13.7 Å². The fourth-order valence-electron chi connectivity index (χ4n) is 2.08. The van der Waals surface area contributed by atoms with Gasteiger partial charge in [0.1, 0.15) is 5.75 Å². The number of hydrogen-bond acceptors (Lipinski definition) is 2. The van der Waals surface area contributed by atoms with Gasteiger partial charge in [0.25, 0.3) is 0 Å². The summed E-state index contributed by atoms with van der Waals surface area (Å²) in [7, 11) is 1.74. The number of hydrogen-bond donors (Lipinski definition) is 1. The molecule has 1 aromatic rings. The maximum absolute atomic E-state index is 5.37. The molecule has 2 nitrogen and oxygen atoms in total. The molecule has 1 aliphatic heterocycles. The van der Waals surface area contributed by atoms with Crippen molar-refractivity contribution >= 4 is 0 Å². The Bertz CT molecular complexity index is 316. The first kappa shape index (κ1) is 9.53. The van der Waals surface area contributed by atoms with Crippen LogP contribution < -0.4 is 10.1 Å². The third-order valence-electron chi connectivity index (χ3n) is 2.82.